The molecular weight excluding hydrogens is 128 g/mol. The van der Waals surface area contributed by atoms with Crippen LogP contribution in [0.4, 0.5) is 0 Å². The minimum absolute atomic E-state index is 1.24. The van der Waals surface area contributed by atoms with Crippen molar-refractivity contribution in [1.29, 1.82) is 0 Å². The van der Waals surface area contributed by atoms with E-state index in [9.17, 15) is 4.55 Å². The fourth-order valence-corrected chi connectivity index (χ4v) is 0.633. The zero-order chi connectivity index (χ0) is 6.41. The fourth-order valence-electron chi connectivity index (χ4n) is 0.211. The number of hydrazine groups is 2. The Kier molecular flexibility index (Phi) is 5.39. The average molecular weight is 138 g/mol. The summed E-state index contributed by atoms with van der Waals surface area (Å²) in [6, 6.07) is 0. The second-order valence-corrected chi connectivity index (χ2v) is 1.92. The number of hydrogen-bond acceptors (Lipinski definition) is 5. The van der Waals surface area contributed by atoms with Crippen LogP contribution in [-0.2, 0) is 11.5 Å². The predicted molar refractivity (Wildman–Crippen MR) is 32.5 cm³/mol. The molecule has 50 valence electrons. The number of nitrogens with one attached hydrogen (secondary N) is 4. The lowest BCUT2D eigenvalue weighted by atomic mass is 11.5. The van der Waals surface area contributed by atoms with Gasteiger partial charge in [-0.1, -0.05) is 9.66 Å². The van der Waals surface area contributed by atoms with Gasteiger partial charge in [0.2, 0.25) is 0 Å². The molecule has 0 aromatic heterocycles. The minimum Gasteiger partial charge on any atom is -0.577 e. The summed E-state index contributed by atoms with van der Waals surface area (Å²) in [5, 5.41) is 0. The Morgan fingerprint density at radius 1 is 1.12 bits per heavy atom. The molecule has 0 aromatic carbocycles. The first-order valence-corrected chi connectivity index (χ1v) is 3.22. The molecule has 0 aliphatic carbocycles. The molecule has 8 heavy (non-hydrogen) atoms. The third-order valence-electron chi connectivity index (χ3n) is 0.390. The molecule has 0 aliphatic rings. The van der Waals surface area contributed by atoms with Crippen molar-refractivity contribution in [2.45, 2.75) is 0 Å². The lowest BCUT2D eigenvalue weighted by molar-refractivity contribution is 0.543. The molecule has 0 aromatic rings. The molecule has 0 spiro atoms. The summed E-state index contributed by atoms with van der Waals surface area (Å²) in [4.78, 5) is 4.79. The van der Waals surface area contributed by atoms with E-state index < -0.39 is 11.5 Å². The van der Waals surface area contributed by atoms with E-state index >= 15 is 0 Å². The molecule has 0 radical (unpaired) electrons. The summed E-state index contributed by atoms with van der Waals surface area (Å²) in [6.45, 7) is 0. The van der Waals surface area contributed by atoms with Crippen molar-refractivity contribution in [3.8, 4) is 0 Å². The van der Waals surface area contributed by atoms with E-state index in [0.717, 1.165) is 0 Å². The van der Waals surface area contributed by atoms with Crippen LogP contribution in [0.1, 0.15) is 0 Å². The average Bonchev–Trinajstić information content (AvgIpc) is 1.68. The SMILES string of the molecule is CNN[S+]([O-])NNC. The van der Waals surface area contributed by atoms with E-state index in [1.165, 1.54) is 0 Å². The molecule has 5 nitrogen and oxygen atoms in total. The van der Waals surface area contributed by atoms with Crippen molar-refractivity contribution in [2.75, 3.05) is 14.1 Å². The summed E-state index contributed by atoms with van der Waals surface area (Å²) in [5.74, 6) is 0. The van der Waals surface area contributed by atoms with Gasteiger partial charge in [0.15, 0.2) is 11.5 Å². The van der Waals surface area contributed by atoms with Crippen LogP contribution >= 0.6 is 0 Å². The van der Waals surface area contributed by atoms with E-state index in [0.29, 0.717) is 0 Å². The van der Waals surface area contributed by atoms with Crippen molar-refractivity contribution < 1.29 is 4.55 Å². The molecular formula is C2H10N4OS. The zero-order valence-electron chi connectivity index (χ0n) is 4.82. The summed E-state index contributed by atoms with van der Waals surface area (Å²) < 4.78 is 10.4. The maximum atomic E-state index is 10.4. The molecule has 0 saturated heterocycles. The third-order valence-corrected chi connectivity index (χ3v) is 1.17. The van der Waals surface area contributed by atoms with Crippen LogP contribution in [0.15, 0.2) is 0 Å². The van der Waals surface area contributed by atoms with Crippen LogP contribution in [0, 0.1) is 0 Å². The highest BCUT2D eigenvalue weighted by Gasteiger charge is 1.97. The summed E-state index contributed by atoms with van der Waals surface area (Å²) in [6.07, 6.45) is 0. The van der Waals surface area contributed by atoms with Crippen LogP contribution in [0.3, 0.4) is 0 Å². The molecule has 0 heterocycles. The Balaban J connectivity index is 2.92. The molecule has 0 aliphatic heterocycles. The minimum atomic E-state index is -1.24. The van der Waals surface area contributed by atoms with E-state index in [1.807, 2.05) is 0 Å². The van der Waals surface area contributed by atoms with Crippen LogP contribution in [-0.4, -0.2) is 18.6 Å². The van der Waals surface area contributed by atoms with Gasteiger partial charge in [0.25, 0.3) is 0 Å². The molecule has 0 saturated carbocycles. The lowest BCUT2D eigenvalue weighted by Crippen LogP contribution is -2.47. The van der Waals surface area contributed by atoms with Gasteiger partial charge in [-0.05, 0) is 0 Å². The predicted octanol–water partition coefficient (Wildman–Crippen LogP) is -1.99. The first kappa shape index (κ1) is 8.15. The molecule has 0 amide bonds. The van der Waals surface area contributed by atoms with Crippen LogP contribution in [0.5, 0.6) is 0 Å². The van der Waals surface area contributed by atoms with Gasteiger partial charge in [0.1, 0.15) is 0 Å². The lowest BCUT2D eigenvalue weighted by Gasteiger charge is -2.07. The van der Waals surface area contributed by atoms with Crippen LogP contribution in [0.25, 0.3) is 0 Å². The van der Waals surface area contributed by atoms with Crippen molar-refractivity contribution >= 4 is 11.5 Å². The molecule has 4 N–H and O–H groups in total. The van der Waals surface area contributed by atoms with Gasteiger partial charge in [0.05, 0.1) is 0 Å². The summed E-state index contributed by atoms with van der Waals surface area (Å²) >= 11 is -1.24. The maximum absolute atomic E-state index is 10.4. The summed E-state index contributed by atoms with van der Waals surface area (Å²) in [7, 11) is 3.27. The third kappa shape index (κ3) is 4.31. The van der Waals surface area contributed by atoms with E-state index in [2.05, 4.69) is 20.5 Å². The van der Waals surface area contributed by atoms with Crippen molar-refractivity contribution in [1.82, 2.24) is 20.5 Å². The fraction of sp³-hybridized carbons (Fsp3) is 1.00. The number of rotatable bonds is 4. The van der Waals surface area contributed by atoms with Crippen LogP contribution in [0.2, 0.25) is 0 Å². The van der Waals surface area contributed by atoms with Gasteiger partial charge >= 0.3 is 0 Å². The molecule has 0 bridgehead atoms. The monoisotopic (exact) mass is 138 g/mol. The highest BCUT2D eigenvalue weighted by Crippen LogP contribution is 1.63. The van der Waals surface area contributed by atoms with Gasteiger partial charge in [-0.2, -0.15) is 0 Å². The Morgan fingerprint density at radius 2 is 1.50 bits per heavy atom. The van der Waals surface area contributed by atoms with Gasteiger partial charge in [-0.15, -0.1) is 0 Å². The Hall–Kier alpha value is 0.150. The zero-order valence-corrected chi connectivity index (χ0v) is 5.63. The Morgan fingerprint density at radius 3 is 1.75 bits per heavy atom. The van der Waals surface area contributed by atoms with E-state index in [4.69, 9.17) is 0 Å². The maximum Gasteiger partial charge on any atom is 0.165 e. The summed E-state index contributed by atoms with van der Waals surface area (Å²) in [5.41, 5.74) is 5.00. The van der Waals surface area contributed by atoms with Crippen molar-refractivity contribution in [3.63, 3.8) is 0 Å². The van der Waals surface area contributed by atoms with Crippen molar-refractivity contribution in [3.05, 3.63) is 0 Å². The molecule has 0 rings (SSSR count). The Bertz CT molecular complexity index is 47.3. The van der Waals surface area contributed by atoms with Gasteiger partial charge in [-0.25, -0.2) is 10.9 Å². The second kappa shape index (κ2) is 5.29. The van der Waals surface area contributed by atoms with E-state index in [-0.39, 0.29) is 0 Å². The highest BCUT2D eigenvalue weighted by molar-refractivity contribution is 7.87. The second-order valence-electron chi connectivity index (χ2n) is 0.973. The smallest absolute Gasteiger partial charge is 0.165 e. The molecule has 0 fully saturated rings. The van der Waals surface area contributed by atoms with Crippen LogP contribution < -0.4 is 20.5 Å². The van der Waals surface area contributed by atoms with Gasteiger partial charge in [-0.3, -0.25) is 0 Å². The number of hydrogen-bond donors (Lipinski definition) is 4. The quantitative estimate of drug-likeness (QED) is 0.267. The molecule has 0 unspecified atom stereocenters. The highest BCUT2D eigenvalue weighted by atomic mass is 32.2. The Labute approximate surface area is 51.6 Å². The largest absolute Gasteiger partial charge is 0.577 e. The first-order chi connectivity index (χ1) is 3.81. The van der Waals surface area contributed by atoms with Gasteiger partial charge < -0.3 is 4.55 Å². The van der Waals surface area contributed by atoms with E-state index in [1.54, 1.807) is 14.1 Å². The normalized spacial score (nSPS) is 10.5. The first-order valence-electron chi connectivity index (χ1n) is 2.07. The topological polar surface area (TPSA) is 71.2 Å². The molecule has 6 heteroatoms. The standard InChI is InChI=1S/C2H10N4OS/c1-3-5-8(7)6-4-2/h3-6H,1-2H3. The van der Waals surface area contributed by atoms with Crippen molar-refractivity contribution in [2.24, 2.45) is 0 Å². The van der Waals surface area contributed by atoms with Gasteiger partial charge in [0, 0.05) is 14.1 Å². The molecule has 0 atom stereocenters.